The number of anilines is 1. The van der Waals surface area contributed by atoms with Gasteiger partial charge in [-0.25, -0.2) is 18.2 Å². The van der Waals surface area contributed by atoms with Gasteiger partial charge in [0.1, 0.15) is 23.3 Å². The number of halogens is 3. The summed E-state index contributed by atoms with van der Waals surface area (Å²) >= 11 is 0. The molecule has 2 N–H and O–H groups in total. The van der Waals surface area contributed by atoms with Crippen molar-refractivity contribution in [2.75, 3.05) is 5.73 Å². The quantitative estimate of drug-likeness (QED) is 0.694. The Bertz CT molecular complexity index is 824. The van der Waals surface area contributed by atoms with E-state index in [4.69, 9.17) is 5.73 Å². The SMILES string of the molecule is Cn1c(-c2cc(N)c(F)cc2F)nc2cc(F)ccc21. The van der Waals surface area contributed by atoms with Crippen LogP contribution >= 0.6 is 0 Å². The molecule has 0 fully saturated rings. The zero-order valence-electron chi connectivity index (χ0n) is 10.5. The Morgan fingerprint density at radius 3 is 2.55 bits per heavy atom. The first-order chi connectivity index (χ1) is 9.47. The van der Waals surface area contributed by atoms with Crippen LogP contribution in [0.1, 0.15) is 0 Å². The lowest BCUT2D eigenvalue weighted by atomic mass is 10.1. The Kier molecular flexibility index (Phi) is 2.67. The first kappa shape index (κ1) is 12.5. The fourth-order valence-corrected chi connectivity index (χ4v) is 2.15. The highest BCUT2D eigenvalue weighted by Crippen LogP contribution is 2.28. The molecule has 1 heterocycles. The third kappa shape index (κ3) is 1.80. The molecule has 3 aromatic rings. The van der Waals surface area contributed by atoms with Gasteiger partial charge in [0.05, 0.1) is 22.3 Å². The van der Waals surface area contributed by atoms with Crippen LogP contribution in [0.25, 0.3) is 22.4 Å². The number of nitrogens with two attached hydrogens (primary N) is 1. The maximum absolute atomic E-state index is 13.9. The molecule has 0 aliphatic carbocycles. The molecule has 0 saturated carbocycles. The predicted octanol–water partition coefficient (Wildman–Crippen LogP) is 3.24. The molecule has 102 valence electrons. The highest BCUT2D eigenvalue weighted by Gasteiger charge is 2.16. The molecule has 0 atom stereocenters. The van der Waals surface area contributed by atoms with Crippen LogP contribution in [0.2, 0.25) is 0 Å². The van der Waals surface area contributed by atoms with E-state index in [1.54, 1.807) is 17.7 Å². The molecule has 3 rings (SSSR count). The number of aromatic nitrogens is 2. The van der Waals surface area contributed by atoms with Gasteiger partial charge in [-0.1, -0.05) is 0 Å². The van der Waals surface area contributed by atoms with E-state index in [1.165, 1.54) is 18.2 Å². The van der Waals surface area contributed by atoms with Crippen LogP contribution in [0.3, 0.4) is 0 Å². The molecule has 0 spiro atoms. The van der Waals surface area contributed by atoms with Crippen LogP contribution in [0.15, 0.2) is 30.3 Å². The first-order valence-corrected chi connectivity index (χ1v) is 5.84. The molecule has 2 aromatic carbocycles. The zero-order valence-corrected chi connectivity index (χ0v) is 10.5. The summed E-state index contributed by atoms with van der Waals surface area (Å²) in [6.45, 7) is 0. The lowest BCUT2D eigenvalue weighted by Crippen LogP contribution is -1.99. The van der Waals surface area contributed by atoms with Gasteiger partial charge >= 0.3 is 0 Å². The second-order valence-electron chi connectivity index (χ2n) is 4.48. The third-order valence-electron chi connectivity index (χ3n) is 3.17. The van der Waals surface area contributed by atoms with Gasteiger partial charge in [-0.2, -0.15) is 0 Å². The van der Waals surface area contributed by atoms with Crippen molar-refractivity contribution in [3.63, 3.8) is 0 Å². The van der Waals surface area contributed by atoms with Crippen molar-refractivity contribution >= 4 is 16.7 Å². The normalized spacial score (nSPS) is 11.2. The standard InChI is InChI=1S/C14H10F3N3/c1-20-13-3-2-7(15)4-12(13)19-14(20)8-5-11(18)10(17)6-9(8)16/h2-6H,18H2,1H3. The van der Waals surface area contributed by atoms with Gasteiger partial charge < -0.3 is 10.3 Å². The van der Waals surface area contributed by atoms with Crippen LogP contribution in [0, 0.1) is 17.5 Å². The first-order valence-electron chi connectivity index (χ1n) is 5.84. The van der Waals surface area contributed by atoms with Crippen molar-refractivity contribution in [1.29, 1.82) is 0 Å². The van der Waals surface area contributed by atoms with Crippen molar-refractivity contribution in [1.82, 2.24) is 9.55 Å². The van der Waals surface area contributed by atoms with Gasteiger partial charge in [-0.05, 0) is 18.2 Å². The van der Waals surface area contributed by atoms with Gasteiger partial charge in [0, 0.05) is 19.2 Å². The van der Waals surface area contributed by atoms with Gasteiger partial charge in [0.25, 0.3) is 0 Å². The largest absolute Gasteiger partial charge is 0.396 e. The summed E-state index contributed by atoms with van der Waals surface area (Å²) in [4.78, 5) is 4.18. The minimum absolute atomic E-state index is 0.0722. The Labute approximate surface area is 112 Å². The monoisotopic (exact) mass is 277 g/mol. The van der Waals surface area contributed by atoms with Gasteiger partial charge in [-0.3, -0.25) is 0 Å². The van der Waals surface area contributed by atoms with E-state index < -0.39 is 17.5 Å². The molecular formula is C14H10F3N3. The molecule has 6 heteroatoms. The van der Waals surface area contributed by atoms with E-state index in [0.29, 0.717) is 17.1 Å². The van der Waals surface area contributed by atoms with Crippen LogP contribution in [-0.2, 0) is 7.05 Å². The summed E-state index contributed by atoms with van der Waals surface area (Å²) < 4.78 is 41.9. The highest BCUT2D eigenvalue weighted by atomic mass is 19.1. The zero-order chi connectivity index (χ0) is 14.4. The highest BCUT2D eigenvalue weighted by molar-refractivity contribution is 5.81. The number of hydrogen-bond acceptors (Lipinski definition) is 2. The number of fused-ring (bicyclic) bond motifs is 1. The Balaban J connectivity index is 2.30. The molecule has 0 aliphatic rings. The van der Waals surface area contributed by atoms with Gasteiger partial charge in [0.15, 0.2) is 0 Å². The second-order valence-corrected chi connectivity index (χ2v) is 4.48. The van der Waals surface area contributed by atoms with E-state index >= 15 is 0 Å². The van der Waals surface area contributed by atoms with E-state index in [-0.39, 0.29) is 17.1 Å². The molecule has 0 amide bonds. The maximum atomic E-state index is 13.9. The molecule has 20 heavy (non-hydrogen) atoms. The summed E-state index contributed by atoms with van der Waals surface area (Å²) in [6.07, 6.45) is 0. The van der Waals surface area contributed by atoms with Crippen molar-refractivity contribution < 1.29 is 13.2 Å². The number of rotatable bonds is 1. The number of hydrogen-bond donors (Lipinski definition) is 1. The van der Waals surface area contributed by atoms with Crippen LogP contribution in [0.4, 0.5) is 18.9 Å². The fraction of sp³-hybridized carbons (Fsp3) is 0.0714. The molecule has 3 nitrogen and oxygen atoms in total. The second kappa shape index (κ2) is 4.26. The summed E-state index contributed by atoms with van der Waals surface area (Å²) in [5.41, 5.74) is 6.40. The smallest absolute Gasteiger partial charge is 0.149 e. The van der Waals surface area contributed by atoms with Crippen LogP contribution < -0.4 is 5.73 Å². The average Bonchev–Trinajstić information content (AvgIpc) is 2.70. The van der Waals surface area contributed by atoms with E-state index in [9.17, 15) is 13.2 Å². The molecule has 0 radical (unpaired) electrons. The molecule has 0 unspecified atom stereocenters. The predicted molar refractivity (Wildman–Crippen MR) is 70.4 cm³/mol. The average molecular weight is 277 g/mol. The Morgan fingerprint density at radius 2 is 1.80 bits per heavy atom. The van der Waals surface area contributed by atoms with Crippen molar-refractivity contribution in [3.8, 4) is 11.4 Å². The summed E-state index contributed by atoms with van der Waals surface area (Å²) in [7, 11) is 1.67. The van der Waals surface area contributed by atoms with Gasteiger partial charge in [0.2, 0.25) is 0 Å². The maximum Gasteiger partial charge on any atom is 0.149 e. The van der Waals surface area contributed by atoms with E-state index in [0.717, 1.165) is 0 Å². The summed E-state index contributed by atoms with van der Waals surface area (Å²) in [5, 5.41) is 0. The number of nitrogens with zero attached hydrogens (tertiary/aromatic N) is 2. The van der Waals surface area contributed by atoms with Crippen molar-refractivity contribution in [2.45, 2.75) is 0 Å². The summed E-state index contributed by atoms with van der Waals surface area (Å²) in [6, 6.07) is 5.99. The topological polar surface area (TPSA) is 43.8 Å². The molecule has 1 aromatic heterocycles. The van der Waals surface area contributed by atoms with Crippen molar-refractivity contribution in [2.24, 2.45) is 7.05 Å². The number of aryl methyl sites for hydroxylation is 1. The lowest BCUT2D eigenvalue weighted by Gasteiger charge is -2.06. The summed E-state index contributed by atoms with van der Waals surface area (Å²) in [5.74, 6) is -1.76. The lowest BCUT2D eigenvalue weighted by molar-refractivity contribution is 0.587. The Morgan fingerprint density at radius 1 is 1.05 bits per heavy atom. The van der Waals surface area contributed by atoms with E-state index in [2.05, 4.69) is 4.98 Å². The van der Waals surface area contributed by atoms with Gasteiger partial charge in [-0.15, -0.1) is 0 Å². The molecule has 0 bridgehead atoms. The Hall–Kier alpha value is -2.50. The number of benzene rings is 2. The number of nitrogen functional groups attached to an aromatic ring is 1. The minimum atomic E-state index is -0.823. The van der Waals surface area contributed by atoms with Crippen molar-refractivity contribution in [3.05, 3.63) is 47.8 Å². The number of imidazole rings is 1. The van der Waals surface area contributed by atoms with Crippen LogP contribution in [0.5, 0.6) is 0 Å². The molecule has 0 saturated heterocycles. The molecular weight excluding hydrogens is 267 g/mol. The fourth-order valence-electron chi connectivity index (χ4n) is 2.15. The molecule has 0 aliphatic heterocycles. The minimum Gasteiger partial charge on any atom is -0.396 e. The van der Waals surface area contributed by atoms with E-state index in [1.807, 2.05) is 0 Å². The van der Waals surface area contributed by atoms with Crippen LogP contribution in [-0.4, -0.2) is 9.55 Å². The third-order valence-corrected chi connectivity index (χ3v) is 3.17.